The van der Waals surface area contributed by atoms with E-state index < -0.39 is 5.41 Å². The molecule has 1 fully saturated rings. The Labute approximate surface area is 93.9 Å². The van der Waals surface area contributed by atoms with E-state index in [1.54, 1.807) is 0 Å². The molecule has 1 N–H and O–H groups in total. The van der Waals surface area contributed by atoms with Crippen LogP contribution in [0, 0.1) is 12.3 Å². The summed E-state index contributed by atoms with van der Waals surface area (Å²) in [7, 11) is 0. The lowest BCUT2D eigenvalue weighted by atomic mass is 9.58. The number of benzene rings is 1. The Kier molecular flexibility index (Phi) is 1.76. The molecule has 3 aliphatic rings. The van der Waals surface area contributed by atoms with E-state index >= 15 is 0 Å². The molecule has 3 nitrogen and oxygen atoms in total. The topological polar surface area (TPSA) is 50.2 Å². The van der Waals surface area contributed by atoms with Crippen LogP contribution in [0.2, 0.25) is 0 Å². The van der Waals surface area contributed by atoms with Crippen LogP contribution in [0.1, 0.15) is 24.0 Å². The number of hydrogen-bond acceptors (Lipinski definition) is 3. The van der Waals surface area contributed by atoms with Crippen LogP contribution < -0.4 is 4.74 Å². The first-order chi connectivity index (χ1) is 7.65. The zero-order chi connectivity index (χ0) is 11.3. The van der Waals surface area contributed by atoms with Crippen LogP contribution in [0.3, 0.4) is 0 Å². The molecule has 0 amide bonds. The van der Waals surface area contributed by atoms with Crippen molar-refractivity contribution in [1.29, 1.82) is 5.41 Å². The normalized spacial score (nSPS) is 29.7. The third-order valence-corrected chi connectivity index (χ3v) is 3.70. The lowest BCUT2D eigenvalue weighted by molar-refractivity contribution is -0.126. The molecule has 16 heavy (non-hydrogen) atoms. The molecule has 0 aromatic heterocycles. The fourth-order valence-corrected chi connectivity index (χ4v) is 2.79. The molecule has 1 saturated carbocycles. The standard InChI is InChI=1S/C13H13NO2/c1-8-2-3-10-11(4-8)16-9-5-13(10,6-9)12(15)7-14/h2-4,7,9,14H,5-6H2,1H3. The average molecular weight is 215 g/mol. The summed E-state index contributed by atoms with van der Waals surface area (Å²) in [4.78, 5) is 11.9. The molecule has 4 rings (SSSR count). The zero-order valence-corrected chi connectivity index (χ0v) is 9.12. The highest BCUT2D eigenvalue weighted by molar-refractivity contribution is 6.31. The van der Waals surface area contributed by atoms with E-state index in [9.17, 15) is 4.79 Å². The van der Waals surface area contributed by atoms with Crippen molar-refractivity contribution in [2.45, 2.75) is 31.3 Å². The molecule has 0 atom stereocenters. The minimum atomic E-state index is -0.451. The van der Waals surface area contributed by atoms with E-state index in [-0.39, 0.29) is 11.9 Å². The number of carbonyl (C=O) groups is 1. The van der Waals surface area contributed by atoms with Crippen LogP contribution in [-0.2, 0) is 10.2 Å². The van der Waals surface area contributed by atoms with Gasteiger partial charge in [-0.1, -0.05) is 12.1 Å². The second kappa shape index (κ2) is 2.94. The Bertz CT molecular complexity index is 487. The van der Waals surface area contributed by atoms with Crippen molar-refractivity contribution >= 4 is 12.0 Å². The summed E-state index contributed by atoms with van der Waals surface area (Å²) in [6, 6.07) is 5.95. The van der Waals surface area contributed by atoms with Crippen molar-refractivity contribution in [3.63, 3.8) is 0 Å². The van der Waals surface area contributed by atoms with Gasteiger partial charge in [0.1, 0.15) is 11.9 Å². The summed E-state index contributed by atoms with van der Waals surface area (Å²) in [5, 5.41) is 7.16. The lowest BCUT2D eigenvalue weighted by Crippen LogP contribution is -2.56. The fraction of sp³-hybridized carbons (Fsp3) is 0.385. The Morgan fingerprint density at radius 2 is 2.31 bits per heavy atom. The molecule has 0 saturated heterocycles. The molecule has 1 aromatic carbocycles. The van der Waals surface area contributed by atoms with Crippen molar-refractivity contribution in [3.05, 3.63) is 29.3 Å². The van der Waals surface area contributed by atoms with Gasteiger partial charge in [0.15, 0.2) is 5.78 Å². The maximum Gasteiger partial charge on any atom is 0.184 e. The SMILES string of the molecule is Cc1ccc2c(c1)OC1CC2(C(=O)C=N)C1. The summed E-state index contributed by atoms with van der Waals surface area (Å²) in [6.07, 6.45) is 2.58. The van der Waals surface area contributed by atoms with E-state index in [1.165, 1.54) is 0 Å². The number of hydrogen-bond donors (Lipinski definition) is 1. The van der Waals surface area contributed by atoms with E-state index in [1.807, 2.05) is 25.1 Å². The summed E-state index contributed by atoms with van der Waals surface area (Å²) in [5.41, 5.74) is 1.65. The van der Waals surface area contributed by atoms with Crippen LogP contribution in [-0.4, -0.2) is 18.1 Å². The Morgan fingerprint density at radius 3 is 3.00 bits per heavy atom. The lowest BCUT2D eigenvalue weighted by Gasteiger charge is -2.51. The fourth-order valence-electron chi connectivity index (χ4n) is 2.79. The molecular formula is C13H13NO2. The zero-order valence-electron chi connectivity index (χ0n) is 9.12. The third kappa shape index (κ3) is 1.03. The highest BCUT2D eigenvalue weighted by atomic mass is 16.5. The Balaban J connectivity index is 2.15. The largest absolute Gasteiger partial charge is 0.490 e. The summed E-state index contributed by atoms with van der Waals surface area (Å²) in [5.74, 6) is 0.745. The number of ketones is 1. The number of ether oxygens (including phenoxy) is 1. The number of rotatable bonds is 2. The van der Waals surface area contributed by atoms with Crippen LogP contribution in [0.4, 0.5) is 0 Å². The maximum atomic E-state index is 11.9. The van der Waals surface area contributed by atoms with Gasteiger partial charge in [-0.2, -0.15) is 0 Å². The van der Waals surface area contributed by atoms with Gasteiger partial charge in [0.25, 0.3) is 0 Å². The van der Waals surface area contributed by atoms with Crippen molar-refractivity contribution < 1.29 is 9.53 Å². The van der Waals surface area contributed by atoms with Gasteiger partial charge >= 0.3 is 0 Å². The van der Waals surface area contributed by atoms with Gasteiger partial charge in [-0.25, -0.2) is 0 Å². The number of aryl methyl sites for hydroxylation is 1. The van der Waals surface area contributed by atoms with Gasteiger partial charge in [0.2, 0.25) is 0 Å². The number of carbonyl (C=O) groups excluding carboxylic acids is 1. The second-order valence-electron chi connectivity index (χ2n) is 4.74. The molecule has 0 spiro atoms. The van der Waals surface area contributed by atoms with Gasteiger partial charge in [0.05, 0.1) is 11.6 Å². The van der Waals surface area contributed by atoms with E-state index in [0.29, 0.717) is 0 Å². The maximum absolute atomic E-state index is 11.9. The highest BCUT2D eigenvalue weighted by Gasteiger charge is 2.56. The minimum Gasteiger partial charge on any atom is -0.490 e. The van der Waals surface area contributed by atoms with Gasteiger partial charge in [-0.3, -0.25) is 4.79 Å². The third-order valence-electron chi connectivity index (χ3n) is 3.70. The van der Waals surface area contributed by atoms with E-state index in [4.69, 9.17) is 10.1 Å². The summed E-state index contributed by atoms with van der Waals surface area (Å²) in [6.45, 7) is 2.01. The Hall–Kier alpha value is -1.64. The molecule has 1 aliphatic carbocycles. The van der Waals surface area contributed by atoms with Crippen molar-refractivity contribution in [2.75, 3.05) is 0 Å². The van der Waals surface area contributed by atoms with E-state index in [2.05, 4.69) is 0 Å². The first-order valence-corrected chi connectivity index (χ1v) is 5.48. The molecule has 2 heterocycles. The molecule has 3 heteroatoms. The first-order valence-electron chi connectivity index (χ1n) is 5.48. The van der Waals surface area contributed by atoms with Gasteiger partial charge in [-0.05, 0) is 18.6 Å². The predicted octanol–water partition coefficient (Wildman–Crippen LogP) is 2.01. The van der Waals surface area contributed by atoms with Gasteiger partial charge in [0, 0.05) is 18.4 Å². The molecule has 2 aliphatic heterocycles. The van der Waals surface area contributed by atoms with Crippen LogP contribution >= 0.6 is 0 Å². The Morgan fingerprint density at radius 1 is 1.56 bits per heavy atom. The summed E-state index contributed by atoms with van der Waals surface area (Å²) < 4.78 is 5.77. The highest BCUT2D eigenvalue weighted by Crippen LogP contribution is 2.53. The second-order valence-corrected chi connectivity index (χ2v) is 4.74. The molecule has 2 bridgehead atoms. The predicted molar refractivity (Wildman–Crippen MR) is 60.3 cm³/mol. The van der Waals surface area contributed by atoms with Crippen molar-refractivity contribution in [1.82, 2.24) is 0 Å². The van der Waals surface area contributed by atoms with Gasteiger partial charge < -0.3 is 10.1 Å². The molecular weight excluding hydrogens is 202 g/mol. The quantitative estimate of drug-likeness (QED) is 0.767. The molecule has 1 aromatic rings. The van der Waals surface area contributed by atoms with Crippen LogP contribution in [0.25, 0.3) is 0 Å². The minimum absolute atomic E-state index is 0.0860. The summed E-state index contributed by atoms with van der Waals surface area (Å²) >= 11 is 0. The first kappa shape index (κ1) is 9.58. The van der Waals surface area contributed by atoms with Crippen LogP contribution in [0.15, 0.2) is 18.2 Å². The molecule has 0 radical (unpaired) electrons. The van der Waals surface area contributed by atoms with Gasteiger partial charge in [-0.15, -0.1) is 0 Å². The number of Topliss-reactive ketones (excluding diaryl/α,β-unsaturated/α-hetero) is 1. The van der Waals surface area contributed by atoms with Crippen LogP contribution in [0.5, 0.6) is 5.75 Å². The molecule has 0 unspecified atom stereocenters. The van der Waals surface area contributed by atoms with E-state index in [0.717, 1.165) is 35.9 Å². The average Bonchev–Trinajstić information content (AvgIpc) is 2.24. The van der Waals surface area contributed by atoms with Crippen molar-refractivity contribution in [3.8, 4) is 5.75 Å². The molecule has 82 valence electrons. The number of nitrogens with one attached hydrogen (secondary N) is 1. The monoisotopic (exact) mass is 215 g/mol. The smallest absolute Gasteiger partial charge is 0.184 e. The van der Waals surface area contributed by atoms with Crippen molar-refractivity contribution in [2.24, 2.45) is 0 Å².